The Morgan fingerprint density at radius 3 is 2.94 bits per heavy atom. The summed E-state index contributed by atoms with van der Waals surface area (Å²) in [5.74, 6) is 0.924. The van der Waals surface area contributed by atoms with Crippen molar-refractivity contribution in [2.24, 2.45) is 5.92 Å². The Morgan fingerprint density at radius 1 is 1.50 bits per heavy atom. The Bertz CT molecular complexity index is 278. The lowest BCUT2D eigenvalue weighted by Gasteiger charge is -2.24. The topological polar surface area (TPSA) is 24.9 Å². The van der Waals surface area contributed by atoms with Gasteiger partial charge in [-0.05, 0) is 38.1 Å². The van der Waals surface area contributed by atoms with Gasteiger partial charge in [-0.15, -0.1) is 11.3 Å². The molecule has 1 atom stereocenters. The van der Waals surface area contributed by atoms with Gasteiger partial charge in [-0.25, -0.2) is 0 Å². The second kappa shape index (κ2) is 6.36. The predicted octanol–water partition coefficient (Wildman–Crippen LogP) is 3.24. The van der Waals surface area contributed by atoms with Gasteiger partial charge in [0.25, 0.3) is 0 Å². The minimum atomic E-state index is 0.731. The summed E-state index contributed by atoms with van der Waals surface area (Å²) in [6.07, 6.45) is 10.2. The van der Waals surface area contributed by atoms with Crippen molar-refractivity contribution in [3.8, 4) is 0 Å². The zero-order chi connectivity index (χ0) is 11.2. The predicted molar refractivity (Wildman–Crippen MR) is 69.9 cm³/mol. The molecule has 0 aliphatic heterocycles. The summed E-state index contributed by atoms with van der Waals surface area (Å²) in [6, 6.07) is 0.731. The standard InChI is InChI=1S/C13H22N2S/c1-2-15-13(11-5-3-4-6-11)8-7-12-9-14-10-16-12/h9-11,13,15H,2-8H2,1H3. The lowest BCUT2D eigenvalue weighted by molar-refractivity contribution is 0.346. The molecule has 90 valence electrons. The number of rotatable bonds is 6. The maximum absolute atomic E-state index is 4.14. The van der Waals surface area contributed by atoms with Crippen LogP contribution in [0.1, 0.15) is 43.9 Å². The van der Waals surface area contributed by atoms with Crippen molar-refractivity contribution < 1.29 is 0 Å². The van der Waals surface area contributed by atoms with E-state index in [2.05, 4.69) is 17.2 Å². The van der Waals surface area contributed by atoms with Gasteiger partial charge in [0, 0.05) is 17.1 Å². The highest BCUT2D eigenvalue weighted by molar-refractivity contribution is 7.09. The first kappa shape index (κ1) is 12.1. The van der Waals surface area contributed by atoms with Gasteiger partial charge in [-0.1, -0.05) is 19.8 Å². The zero-order valence-corrected chi connectivity index (χ0v) is 10.9. The highest BCUT2D eigenvalue weighted by Crippen LogP contribution is 2.29. The van der Waals surface area contributed by atoms with E-state index in [0.29, 0.717) is 0 Å². The number of aryl methyl sites for hydroxylation is 1. The molecule has 2 nitrogen and oxygen atoms in total. The summed E-state index contributed by atoms with van der Waals surface area (Å²) >= 11 is 1.79. The van der Waals surface area contributed by atoms with Crippen LogP contribution >= 0.6 is 11.3 Å². The van der Waals surface area contributed by atoms with Crippen molar-refractivity contribution in [2.75, 3.05) is 6.54 Å². The first-order valence-electron chi connectivity index (χ1n) is 6.51. The van der Waals surface area contributed by atoms with Gasteiger partial charge in [-0.3, -0.25) is 4.98 Å². The third-order valence-corrected chi connectivity index (χ3v) is 4.46. The molecule has 1 aromatic rings. The zero-order valence-electron chi connectivity index (χ0n) is 10.1. The van der Waals surface area contributed by atoms with Crippen LogP contribution in [-0.4, -0.2) is 17.6 Å². The second-order valence-electron chi connectivity index (χ2n) is 4.72. The summed E-state index contributed by atoms with van der Waals surface area (Å²) in [4.78, 5) is 5.57. The van der Waals surface area contributed by atoms with Gasteiger partial charge in [0.2, 0.25) is 0 Å². The van der Waals surface area contributed by atoms with E-state index in [9.17, 15) is 0 Å². The van der Waals surface area contributed by atoms with Crippen LogP contribution in [0.5, 0.6) is 0 Å². The third-order valence-electron chi connectivity index (χ3n) is 3.62. The van der Waals surface area contributed by atoms with Gasteiger partial charge in [-0.2, -0.15) is 0 Å². The summed E-state index contributed by atoms with van der Waals surface area (Å²) in [5, 5.41) is 3.67. The Labute approximate surface area is 102 Å². The molecule has 2 rings (SSSR count). The molecular weight excluding hydrogens is 216 g/mol. The summed E-state index contributed by atoms with van der Waals surface area (Å²) in [6.45, 7) is 3.32. The Hall–Kier alpha value is -0.410. The number of nitrogens with zero attached hydrogens (tertiary/aromatic N) is 1. The molecule has 16 heavy (non-hydrogen) atoms. The van der Waals surface area contributed by atoms with Crippen molar-refractivity contribution in [2.45, 2.75) is 51.5 Å². The molecule has 1 saturated carbocycles. The van der Waals surface area contributed by atoms with E-state index in [-0.39, 0.29) is 0 Å². The third kappa shape index (κ3) is 3.29. The maximum Gasteiger partial charge on any atom is 0.0794 e. The molecule has 0 saturated heterocycles. The van der Waals surface area contributed by atoms with Gasteiger partial charge in [0.15, 0.2) is 0 Å². The molecule has 1 unspecified atom stereocenters. The van der Waals surface area contributed by atoms with Crippen LogP contribution in [0.15, 0.2) is 11.7 Å². The Balaban J connectivity index is 1.82. The van der Waals surface area contributed by atoms with Crippen molar-refractivity contribution in [1.82, 2.24) is 10.3 Å². The van der Waals surface area contributed by atoms with Crippen LogP contribution in [-0.2, 0) is 6.42 Å². The SMILES string of the molecule is CCNC(CCc1cncs1)C1CCCC1. The van der Waals surface area contributed by atoms with E-state index in [1.165, 1.54) is 43.4 Å². The fourth-order valence-corrected chi connectivity index (χ4v) is 3.40. The van der Waals surface area contributed by atoms with Crippen LogP contribution in [0.25, 0.3) is 0 Å². The minimum Gasteiger partial charge on any atom is -0.314 e. The van der Waals surface area contributed by atoms with E-state index in [4.69, 9.17) is 0 Å². The monoisotopic (exact) mass is 238 g/mol. The minimum absolute atomic E-state index is 0.731. The number of thiazole rings is 1. The molecule has 0 aromatic carbocycles. The molecule has 1 N–H and O–H groups in total. The fraction of sp³-hybridized carbons (Fsp3) is 0.769. The highest BCUT2D eigenvalue weighted by Gasteiger charge is 2.23. The highest BCUT2D eigenvalue weighted by atomic mass is 32.1. The van der Waals surface area contributed by atoms with Crippen LogP contribution < -0.4 is 5.32 Å². The first-order chi connectivity index (χ1) is 7.90. The van der Waals surface area contributed by atoms with E-state index < -0.39 is 0 Å². The largest absolute Gasteiger partial charge is 0.314 e. The maximum atomic E-state index is 4.14. The molecule has 0 radical (unpaired) electrons. The van der Waals surface area contributed by atoms with Crippen LogP contribution in [0.3, 0.4) is 0 Å². The number of aromatic nitrogens is 1. The molecule has 0 amide bonds. The quantitative estimate of drug-likeness (QED) is 0.823. The molecule has 1 fully saturated rings. The van der Waals surface area contributed by atoms with Crippen molar-refractivity contribution in [3.05, 3.63) is 16.6 Å². The number of hydrogen-bond donors (Lipinski definition) is 1. The first-order valence-corrected chi connectivity index (χ1v) is 7.39. The Morgan fingerprint density at radius 2 is 2.31 bits per heavy atom. The number of hydrogen-bond acceptors (Lipinski definition) is 3. The normalized spacial score (nSPS) is 19.1. The van der Waals surface area contributed by atoms with Crippen molar-refractivity contribution >= 4 is 11.3 Å². The average molecular weight is 238 g/mol. The van der Waals surface area contributed by atoms with Crippen molar-refractivity contribution in [1.29, 1.82) is 0 Å². The molecule has 1 aliphatic rings. The van der Waals surface area contributed by atoms with Crippen LogP contribution in [0.4, 0.5) is 0 Å². The second-order valence-corrected chi connectivity index (χ2v) is 5.69. The summed E-state index contributed by atoms with van der Waals surface area (Å²) in [7, 11) is 0. The lowest BCUT2D eigenvalue weighted by atomic mass is 9.94. The molecule has 1 heterocycles. The van der Waals surface area contributed by atoms with Crippen molar-refractivity contribution in [3.63, 3.8) is 0 Å². The molecule has 3 heteroatoms. The molecule has 0 bridgehead atoms. The fourth-order valence-electron chi connectivity index (χ4n) is 2.79. The van der Waals surface area contributed by atoms with Gasteiger partial charge < -0.3 is 5.32 Å². The molecule has 0 spiro atoms. The molecular formula is C13H22N2S. The van der Waals surface area contributed by atoms with Crippen LogP contribution in [0.2, 0.25) is 0 Å². The number of nitrogens with one attached hydrogen (secondary N) is 1. The molecule has 1 aromatic heterocycles. The van der Waals surface area contributed by atoms with Gasteiger partial charge >= 0.3 is 0 Å². The smallest absolute Gasteiger partial charge is 0.0794 e. The summed E-state index contributed by atoms with van der Waals surface area (Å²) < 4.78 is 0. The average Bonchev–Trinajstić information content (AvgIpc) is 2.96. The molecule has 1 aliphatic carbocycles. The Kier molecular flexibility index (Phi) is 4.79. The van der Waals surface area contributed by atoms with Gasteiger partial charge in [0.1, 0.15) is 0 Å². The van der Waals surface area contributed by atoms with Gasteiger partial charge in [0.05, 0.1) is 5.51 Å². The van der Waals surface area contributed by atoms with E-state index in [1.54, 1.807) is 11.3 Å². The lowest BCUT2D eigenvalue weighted by Crippen LogP contribution is -2.35. The summed E-state index contributed by atoms with van der Waals surface area (Å²) in [5.41, 5.74) is 1.94. The van der Waals surface area contributed by atoms with Crippen LogP contribution in [0, 0.1) is 5.92 Å². The van der Waals surface area contributed by atoms with E-state index in [1.807, 2.05) is 11.7 Å². The van der Waals surface area contributed by atoms with E-state index >= 15 is 0 Å². The van der Waals surface area contributed by atoms with E-state index in [0.717, 1.165) is 18.5 Å².